The number of halogens is 1. The molecular formula is C22H25BFN3O4. The molecule has 0 radical (unpaired) electrons. The van der Waals surface area contributed by atoms with E-state index in [1.54, 1.807) is 6.20 Å². The highest BCUT2D eigenvalue weighted by atomic mass is 19.1. The lowest BCUT2D eigenvalue weighted by Gasteiger charge is -2.32. The first-order valence-corrected chi connectivity index (χ1v) is 10.1. The number of carbonyl (C=O) groups excluding carboxylic acids is 1. The number of rotatable bonds is 5. The van der Waals surface area contributed by atoms with Crippen molar-refractivity contribution in [3.63, 3.8) is 0 Å². The molecule has 2 heterocycles. The topological polar surface area (TPSA) is 85.5 Å². The second-order valence-corrected chi connectivity index (χ2v) is 8.59. The number of ether oxygens (including phenoxy) is 1. The Bertz CT molecular complexity index is 1130. The number of aromatic nitrogens is 2. The summed E-state index contributed by atoms with van der Waals surface area (Å²) in [7, 11) is 0.914. The van der Waals surface area contributed by atoms with Gasteiger partial charge in [-0.3, -0.25) is 9.89 Å². The predicted octanol–water partition coefficient (Wildman–Crippen LogP) is 2.94. The third-order valence-electron chi connectivity index (χ3n) is 6.09. The third kappa shape index (κ3) is 3.79. The van der Waals surface area contributed by atoms with Crippen molar-refractivity contribution in [1.29, 1.82) is 0 Å². The molecule has 4 rings (SSSR count). The van der Waals surface area contributed by atoms with Gasteiger partial charge in [-0.15, -0.1) is 0 Å². The normalized spacial score (nSPS) is 17.2. The highest BCUT2D eigenvalue weighted by Crippen LogP contribution is 2.37. The smallest absolute Gasteiger partial charge is 0.495 e. The number of H-pyrrole nitrogens is 1. The maximum absolute atomic E-state index is 13.6. The minimum absolute atomic E-state index is 0.136. The second-order valence-electron chi connectivity index (χ2n) is 8.59. The minimum Gasteiger partial charge on any atom is -0.496 e. The Balaban J connectivity index is 1.57. The summed E-state index contributed by atoms with van der Waals surface area (Å²) in [5.74, 6) is -0.630. The van der Waals surface area contributed by atoms with Crippen LogP contribution in [0.25, 0.3) is 10.9 Å². The fourth-order valence-corrected chi connectivity index (χ4v) is 3.56. The van der Waals surface area contributed by atoms with E-state index in [0.29, 0.717) is 5.75 Å². The van der Waals surface area contributed by atoms with Crippen LogP contribution in [0.4, 0.5) is 4.39 Å². The maximum atomic E-state index is 13.6. The molecule has 1 aliphatic heterocycles. The van der Waals surface area contributed by atoms with Gasteiger partial charge in [-0.05, 0) is 56.9 Å². The van der Waals surface area contributed by atoms with Crippen molar-refractivity contribution in [2.24, 2.45) is 0 Å². The average molecular weight is 425 g/mol. The molecule has 0 atom stereocenters. The van der Waals surface area contributed by atoms with Gasteiger partial charge in [0.1, 0.15) is 11.6 Å². The van der Waals surface area contributed by atoms with Crippen molar-refractivity contribution in [2.45, 2.75) is 45.4 Å². The van der Waals surface area contributed by atoms with E-state index in [-0.39, 0.29) is 12.1 Å². The second kappa shape index (κ2) is 7.65. The number of nitrogens with one attached hydrogen (secondary N) is 2. The fourth-order valence-electron chi connectivity index (χ4n) is 3.56. The molecule has 9 heteroatoms. The number of amides is 1. The molecule has 3 aromatic rings. The van der Waals surface area contributed by atoms with E-state index in [4.69, 9.17) is 14.0 Å². The average Bonchev–Trinajstić information content (AvgIpc) is 3.28. The summed E-state index contributed by atoms with van der Waals surface area (Å²) in [6.07, 6.45) is 1.72. The number of nitrogens with zero attached hydrogens (tertiary/aromatic N) is 1. The number of carbonyl (C=O) groups is 1. The number of benzene rings is 2. The first kappa shape index (κ1) is 21.3. The summed E-state index contributed by atoms with van der Waals surface area (Å²) < 4.78 is 31.1. The van der Waals surface area contributed by atoms with Crippen molar-refractivity contribution >= 4 is 29.4 Å². The zero-order chi connectivity index (χ0) is 22.4. The number of methoxy groups -OCH3 is 1. The standard InChI is InChI=1S/C22H25BFN3O4/c1-21(2)22(3,4)31-23(30-21)17-8-6-13(19-16(17)12-26-27-19)11-25-20(28)15-10-14(24)7-9-18(15)29-5/h6-10,12H,11H2,1-5H3,(H,25,28)(H,26,27). The van der Waals surface area contributed by atoms with E-state index < -0.39 is 30.0 Å². The van der Waals surface area contributed by atoms with Crippen LogP contribution in [-0.4, -0.2) is 41.5 Å². The van der Waals surface area contributed by atoms with Crippen molar-refractivity contribution in [1.82, 2.24) is 15.5 Å². The summed E-state index contributed by atoms with van der Waals surface area (Å²) in [5, 5.41) is 10.8. The lowest BCUT2D eigenvalue weighted by atomic mass is 9.76. The molecule has 7 nitrogen and oxygen atoms in total. The molecule has 31 heavy (non-hydrogen) atoms. The summed E-state index contributed by atoms with van der Waals surface area (Å²) in [6.45, 7) is 8.24. The van der Waals surface area contributed by atoms with Crippen LogP contribution in [0.2, 0.25) is 0 Å². The van der Waals surface area contributed by atoms with E-state index in [1.165, 1.54) is 19.2 Å². The van der Waals surface area contributed by atoms with Gasteiger partial charge in [0.05, 0.1) is 35.6 Å². The minimum atomic E-state index is -0.523. The largest absolute Gasteiger partial charge is 0.496 e. The van der Waals surface area contributed by atoms with Crippen LogP contribution in [0.1, 0.15) is 43.6 Å². The molecule has 2 aromatic carbocycles. The molecule has 0 aliphatic carbocycles. The Hall–Kier alpha value is -2.91. The van der Waals surface area contributed by atoms with Crippen LogP contribution in [0, 0.1) is 5.82 Å². The molecule has 0 saturated carbocycles. The molecule has 1 amide bonds. The maximum Gasteiger partial charge on any atom is 0.495 e. The van der Waals surface area contributed by atoms with Gasteiger partial charge in [0.2, 0.25) is 0 Å². The molecule has 0 unspecified atom stereocenters. The van der Waals surface area contributed by atoms with Gasteiger partial charge >= 0.3 is 7.12 Å². The quantitative estimate of drug-likeness (QED) is 0.614. The van der Waals surface area contributed by atoms with Gasteiger partial charge in [-0.1, -0.05) is 12.1 Å². The highest BCUT2D eigenvalue weighted by Gasteiger charge is 2.52. The number of hydrogen-bond donors (Lipinski definition) is 2. The van der Waals surface area contributed by atoms with Crippen LogP contribution in [-0.2, 0) is 15.9 Å². The lowest BCUT2D eigenvalue weighted by Crippen LogP contribution is -2.41. The van der Waals surface area contributed by atoms with Crippen LogP contribution in [0.15, 0.2) is 36.5 Å². The summed E-state index contributed by atoms with van der Waals surface area (Å²) in [6, 6.07) is 7.64. The van der Waals surface area contributed by atoms with E-state index in [9.17, 15) is 9.18 Å². The van der Waals surface area contributed by atoms with Gasteiger partial charge in [0.25, 0.3) is 5.91 Å². The van der Waals surface area contributed by atoms with E-state index in [0.717, 1.165) is 28.0 Å². The molecular weight excluding hydrogens is 400 g/mol. The number of fused-ring (bicyclic) bond motifs is 1. The lowest BCUT2D eigenvalue weighted by molar-refractivity contribution is 0.00578. The van der Waals surface area contributed by atoms with Crippen LogP contribution >= 0.6 is 0 Å². The Kier molecular flexibility index (Phi) is 5.27. The first-order chi connectivity index (χ1) is 14.6. The Morgan fingerprint density at radius 3 is 2.58 bits per heavy atom. The van der Waals surface area contributed by atoms with Crippen molar-refractivity contribution in [2.75, 3.05) is 7.11 Å². The predicted molar refractivity (Wildman–Crippen MR) is 116 cm³/mol. The molecule has 162 valence electrons. The van der Waals surface area contributed by atoms with E-state index >= 15 is 0 Å². The fraction of sp³-hybridized carbons (Fsp3) is 0.364. The zero-order valence-corrected chi connectivity index (χ0v) is 18.2. The van der Waals surface area contributed by atoms with Gasteiger partial charge in [-0.2, -0.15) is 5.10 Å². The van der Waals surface area contributed by atoms with Gasteiger partial charge in [0.15, 0.2) is 0 Å². The molecule has 0 bridgehead atoms. The first-order valence-electron chi connectivity index (χ1n) is 10.1. The Labute approximate surface area is 180 Å². The van der Waals surface area contributed by atoms with E-state index in [2.05, 4.69) is 15.5 Å². The van der Waals surface area contributed by atoms with Crippen LogP contribution < -0.4 is 15.5 Å². The van der Waals surface area contributed by atoms with Crippen molar-refractivity contribution < 1.29 is 23.2 Å². The van der Waals surface area contributed by atoms with Crippen LogP contribution in [0.5, 0.6) is 5.75 Å². The number of hydrogen-bond acceptors (Lipinski definition) is 5. The van der Waals surface area contributed by atoms with Gasteiger partial charge in [0, 0.05) is 11.9 Å². The molecule has 2 N–H and O–H groups in total. The summed E-state index contributed by atoms with van der Waals surface area (Å²) in [5.41, 5.74) is 1.70. The molecule has 1 aromatic heterocycles. The highest BCUT2D eigenvalue weighted by molar-refractivity contribution is 6.65. The Morgan fingerprint density at radius 2 is 1.90 bits per heavy atom. The summed E-state index contributed by atoms with van der Waals surface area (Å²) in [4.78, 5) is 12.6. The van der Waals surface area contributed by atoms with Crippen molar-refractivity contribution in [3.8, 4) is 5.75 Å². The van der Waals surface area contributed by atoms with Crippen LogP contribution in [0.3, 0.4) is 0 Å². The monoisotopic (exact) mass is 425 g/mol. The van der Waals surface area contributed by atoms with E-state index in [1.807, 2.05) is 39.8 Å². The molecule has 1 aliphatic rings. The summed E-state index contributed by atoms with van der Waals surface area (Å²) >= 11 is 0. The third-order valence-corrected chi connectivity index (χ3v) is 6.09. The van der Waals surface area contributed by atoms with Gasteiger partial charge < -0.3 is 19.4 Å². The Morgan fingerprint density at radius 1 is 1.19 bits per heavy atom. The van der Waals surface area contributed by atoms with Gasteiger partial charge in [-0.25, -0.2) is 4.39 Å². The molecule has 1 fully saturated rings. The SMILES string of the molecule is COc1ccc(F)cc1C(=O)NCc1ccc(B2OC(C)(C)C(C)(C)O2)c2cn[nH]c12. The number of aromatic amines is 1. The van der Waals surface area contributed by atoms with Crippen molar-refractivity contribution in [3.05, 3.63) is 53.5 Å². The molecule has 0 spiro atoms. The zero-order valence-electron chi connectivity index (χ0n) is 18.2. The molecule has 1 saturated heterocycles.